The Balaban J connectivity index is 2.82. The number of hydrogen-bond acceptors (Lipinski definition) is 4. The maximum Gasteiger partial charge on any atom is 0.345 e. The Morgan fingerprint density at radius 2 is 2.12 bits per heavy atom. The number of nitrogens with two attached hydrogens (primary N) is 1. The van der Waals surface area contributed by atoms with Crippen LogP contribution in [0.2, 0.25) is 0 Å². The van der Waals surface area contributed by atoms with Crippen molar-refractivity contribution in [2.75, 3.05) is 5.73 Å². The molecule has 0 saturated carbocycles. The van der Waals surface area contributed by atoms with Crippen LogP contribution in [0.3, 0.4) is 0 Å². The van der Waals surface area contributed by atoms with E-state index in [1.165, 1.54) is 6.07 Å². The highest BCUT2D eigenvalue weighted by Crippen LogP contribution is 2.14. The number of anilines is 1. The van der Waals surface area contributed by atoms with Crippen molar-refractivity contribution < 1.29 is 19.4 Å². The average Bonchev–Trinajstić information content (AvgIpc) is 2.28. The van der Waals surface area contributed by atoms with E-state index in [2.05, 4.69) is 0 Å². The topological polar surface area (TPSA) is 89.6 Å². The molecule has 1 aromatic rings. The molecule has 1 rings (SSSR count). The third kappa shape index (κ3) is 3.21. The zero-order valence-electron chi connectivity index (χ0n) is 9.77. The van der Waals surface area contributed by atoms with Gasteiger partial charge in [-0.15, -0.1) is 0 Å². The van der Waals surface area contributed by atoms with Gasteiger partial charge in [0.1, 0.15) is 0 Å². The summed E-state index contributed by atoms with van der Waals surface area (Å²) in [5.41, 5.74) is 7.24. The van der Waals surface area contributed by atoms with Gasteiger partial charge in [-0.3, -0.25) is 0 Å². The van der Waals surface area contributed by atoms with Gasteiger partial charge in [-0.1, -0.05) is 13.0 Å². The summed E-state index contributed by atoms with van der Waals surface area (Å²) in [6.07, 6.45) is -0.896. The summed E-state index contributed by atoms with van der Waals surface area (Å²) in [6, 6.07) is 4.72. The molecule has 5 nitrogen and oxygen atoms in total. The number of carboxylic acid groups (broad SMARTS) is 1. The molecule has 0 radical (unpaired) electrons. The molecule has 5 heteroatoms. The van der Waals surface area contributed by atoms with E-state index in [1.807, 2.05) is 6.92 Å². The van der Waals surface area contributed by atoms with Crippen LogP contribution in [0.5, 0.6) is 0 Å². The van der Waals surface area contributed by atoms with Crippen LogP contribution in [0.4, 0.5) is 5.69 Å². The maximum absolute atomic E-state index is 11.6. The fraction of sp³-hybridized carbons (Fsp3) is 0.333. The highest BCUT2D eigenvalue weighted by molar-refractivity contribution is 5.92. The Morgan fingerprint density at radius 1 is 1.47 bits per heavy atom. The minimum absolute atomic E-state index is 0.225. The van der Waals surface area contributed by atoms with Gasteiger partial charge in [0, 0.05) is 5.69 Å². The summed E-state index contributed by atoms with van der Waals surface area (Å²) in [7, 11) is 0. The lowest BCUT2D eigenvalue weighted by atomic mass is 10.1. The van der Waals surface area contributed by atoms with E-state index in [1.54, 1.807) is 19.1 Å². The number of benzene rings is 1. The van der Waals surface area contributed by atoms with Crippen molar-refractivity contribution in [1.29, 1.82) is 0 Å². The van der Waals surface area contributed by atoms with Gasteiger partial charge in [0.05, 0.1) is 5.56 Å². The molecule has 0 aliphatic carbocycles. The van der Waals surface area contributed by atoms with Crippen molar-refractivity contribution >= 4 is 17.6 Å². The molecule has 0 aromatic heterocycles. The third-order valence-electron chi connectivity index (χ3n) is 2.41. The molecule has 0 saturated heterocycles. The first-order chi connectivity index (χ1) is 7.95. The van der Waals surface area contributed by atoms with Crippen molar-refractivity contribution in [2.45, 2.75) is 26.4 Å². The Hall–Kier alpha value is -2.04. The Morgan fingerprint density at radius 3 is 2.59 bits per heavy atom. The number of nitrogen functional groups attached to an aromatic ring is 1. The third-order valence-corrected chi connectivity index (χ3v) is 2.41. The van der Waals surface area contributed by atoms with Gasteiger partial charge in [0.15, 0.2) is 6.10 Å². The zero-order valence-corrected chi connectivity index (χ0v) is 9.77. The summed E-state index contributed by atoms with van der Waals surface area (Å²) >= 11 is 0. The van der Waals surface area contributed by atoms with Crippen LogP contribution in [0.15, 0.2) is 18.2 Å². The van der Waals surface area contributed by atoms with E-state index in [-0.39, 0.29) is 12.0 Å². The lowest BCUT2D eigenvalue weighted by Crippen LogP contribution is -2.26. The highest BCUT2D eigenvalue weighted by Gasteiger charge is 2.21. The predicted molar refractivity (Wildman–Crippen MR) is 62.7 cm³/mol. The lowest BCUT2D eigenvalue weighted by molar-refractivity contribution is -0.147. The molecule has 0 aliphatic rings. The summed E-state index contributed by atoms with van der Waals surface area (Å²) < 4.78 is 4.85. The number of ether oxygens (including phenoxy) is 1. The smallest absolute Gasteiger partial charge is 0.345 e. The molecule has 92 valence electrons. The van der Waals surface area contributed by atoms with Crippen LogP contribution in [0.1, 0.15) is 29.3 Å². The fourth-order valence-electron chi connectivity index (χ4n) is 1.27. The molecule has 0 spiro atoms. The second-order valence-electron chi connectivity index (χ2n) is 3.71. The molecule has 17 heavy (non-hydrogen) atoms. The second kappa shape index (κ2) is 5.34. The number of carbonyl (C=O) groups is 2. The van der Waals surface area contributed by atoms with Gasteiger partial charge in [-0.05, 0) is 31.0 Å². The summed E-state index contributed by atoms with van der Waals surface area (Å²) in [5.74, 6) is -1.83. The Labute approximate surface area is 99.2 Å². The molecular weight excluding hydrogens is 222 g/mol. The molecule has 3 N–H and O–H groups in total. The van der Waals surface area contributed by atoms with E-state index in [0.29, 0.717) is 5.69 Å². The number of carboxylic acids is 1. The largest absolute Gasteiger partial charge is 0.479 e. The van der Waals surface area contributed by atoms with Gasteiger partial charge in [0.2, 0.25) is 0 Å². The quantitative estimate of drug-likeness (QED) is 0.613. The van der Waals surface area contributed by atoms with Crippen molar-refractivity contribution in [3.05, 3.63) is 29.3 Å². The van der Waals surface area contributed by atoms with Crippen LogP contribution in [-0.2, 0) is 9.53 Å². The number of hydrogen-bond donors (Lipinski definition) is 2. The van der Waals surface area contributed by atoms with Crippen molar-refractivity contribution in [1.82, 2.24) is 0 Å². The van der Waals surface area contributed by atoms with Gasteiger partial charge in [-0.25, -0.2) is 9.59 Å². The fourth-order valence-corrected chi connectivity index (χ4v) is 1.27. The van der Waals surface area contributed by atoms with Crippen molar-refractivity contribution in [3.8, 4) is 0 Å². The van der Waals surface area contributed by atoms with Gasteiger partial charge >= 0.3 is 11.9 Å². The SMILES string of the molecule is CCC(OC(=O)c1ccc(C)c(N)c1)C(=O)O. The predicted octanol–water partition coefficient (Wildman–Crippen LogP) is 1.60. The molecule has 1 unspecified atom stereocenters. The lowest BCUT2D eigenvalue weighted by Gasteiger charge is -2.12. The van der Waals surface area contributed by atoms with Crippen molar-refractivity contribution in [2.24, 2.45) is 0 Å². The van der Waals surface area contributed by atoms with E-state index in [0.717, 1.165) is 5.56 Å². The summed E-state index contributed by atoms with van der Waals surface area (Å²) in [5, 5.41) is 8.77. The molecule has 0 fully saturated rings. The first-order valence-electron chi connectivity index (χ1n) is 5.25. The molecule has 0 bridgehead atoms. The van der Waals surface area contributed by atoms with E-state index in [9.17, 15) is 9.59 Å². The number of rotatable bonds is 4. The first kappa shape index (κ1) is 13.0. The van der Waals surface area contributed by atoms with Crippen LogP contribution in [0, 0.1) is 6.92 Å². The van der Waals surface area contributed by atoms with Crippen LogP contribution in [-0.4, -0.2) is 23.1 Å². The molecule has 0 amide bonds. The molecular formula is C12H15NO4. The standard InChI is InChI=1S/C12H15NO4/c1-3-10(11(14)15)17-12(16)8-5-4-7(2)9(13)6-8/h4-6,10H,3,13H2,1-2H3,(H,14,15). The second-order valence-corrected chi connectivity index (χ2v) is 3.71. The number of carbonyl (C=O) groups excluding carboxylic acids is 1. The Kier molecular flexibility index (Phi) is 4.09. The molecule has 1 aromatic carbocycles. The van der Waals surface area contributed by atoms with Gasteiger partial charge in [-0.2, -0.15) is 0 Å². The average molecular weight is 237 g/mol. The normalized spacial score (nSPS) is 11.9. The van der Waals surface area contributed by atoms with Crippen LogP contribution >= 0.6 is 0 Å². The molecule has 0 aliphatic heterocycles. The number of esters is 1. The zero-order chi connectivity index (χ0) is 13.0. The number of aryl methyl sites for hydroxylation is 1. The summed E-state index contributed by atoms with van der Waals surface area (Å²) in [4.78, 5) is 22.4. The van der Waals surface area contributed by atoms with E-state index < -0.39 is 18.0 Å². The van der Waals surface area contributed by atoms with Crippen LogP contribution < -0.4 is 5.73 Å². The molecule has 1 atom stereocenters. The van der Waals surface area contributed by atoms with E-state index in [4.69, 9.17) is 15.6 Å². The summed E-state index contributed by atoms with van der Waals surface area (Å²) in [6.45, 7) is 3.45. The molecule has 0 heterocycles. The minimum atomic E-state index is -1.15. The van der Waals surface area contributed by atoms with Gasteiger partial charge < -0.3 is 15.6 Å². The van der Waals surface area contributed by atoms with Crippen LogP contribution in [0.25, 0.3) is 0 Å². The minimum Gasteiger partial charge on any atom is -0.479 e. The Bertz CT molecular complexity index is 442. The van der Waals surface area contributed by atoms with Crippen molar-refractivity contribution in [3.63, 3.8) is 0 Å². The van der Waals surface area contributed by atoms with Gasteiger partial charge in [0.25, 0.3) is 0 Å². The number of aliphatic carboxylic acids is 1. The highest BCUT2D eigenvalue weighted by atomic mass is 16.6. The first-order valence-corrected chi connectivity index (χ1v) is 5.25. The maximum atomic E-state index is 11.6. The van der Waals surface area contributed by atoms with E-state index >= 15 is 0 Å². The monoisotopic (exact) mass is 237 g/mol.